The Morgan fingerprint density at radius 1 is 1.71 bits per heavy atom. The zero-order chi connectivity index (χ0) is 10.4. The van der Waals surface area contributed by atoms with E-state index in [1.54, 1.807) is 7.05 Å². The largest absolute Gasteiger partial charge is 0.370 e. The van der Waals surface area contributed by atoms with Gasteiger partial charge >= 0.3 is 0 Å². The van der Waals surface area contributed by atoms with Crippen LogP contribution in [0.25, 0.3) is 0 Å². The Hall–Kier alpha value is -1.30. The van der Waals surface area contributed by atoms with E-state index in [2.05, 4.69) is 27.7 Å². The number of nitrogens with one attached hydrogen (secondary N) is 2. The highest BCUT2D eigenvalue weighted by Crippen LogP contribution is 1.95. The maximum absolute atomic E-state index is 5.55. The molecule has 0 atom stereocenters. The van der Waals surface area contributed by atoms with Crippen LogP contribution in [-0.4, -0.2) is 43.6 Å². The van der Waals surface area contributed by atoms with Gasteiger partial charge in [-0.25, -0.2) is 10.4 Å². The summed E-state index contributed by atoms with van der Waals surface area (Å²) in [5.74, 6) is 1.13. The standard InChI is InChI=1S/C8H18N6/c1-3-4-12-14-6-5-11-8(14)13-7(9)10-2/h12H,3-6H2,1-2H3,(H3,9,10,11,13). The Balaban J connectivity index is 2.42. The SMILES string of the molecule is CCCNN1CCN=C1NC(N)=NC. The van der Waals surface area contributed by atoms with Crippen LogP contribution >= 0.6 is 0 Å². The lowest BCUT2D eigenvalue weighted by molar-refractivity contribution is 0.328. The van der Waals surface area contributed by atoms with Gasteiger partial charge in [-0.15, -0.1) is 0 Å². The number of aliphatic imine (C=N–C) groups is 2. The molecule has 0 saturated heterocycles. The van der Waals surface area contributed by atoms with Gasteiger partial charge in [0.2, 0.25) is 5.96 Å². The van der Waals surface area contributed by atoms with Crippen LogP contribution in [0.15, 0.2) is 9.98 Å². The molecule has 1 aliphatic rings. The minimum Gasteiger partial charge on any atom is -0.370 e. The molecule has 6 nitrogen and oxygen atoms in total. The van der Waals surface area contributed by atoms with Gasteiger partial charge in [-0.2, -0.15) is 0 Å². The maximum atomic E-state index is 5.55. The van der Waals surface area contributed by atoms with E-state index in [-0.39, 0.29) is 0 Å². The van der Waals surface area contributed by atoms with Crippen molar-refractivity contribution in [2.45, 2.75) is 13.3 Å². The molecule has 1 rings (SSSR count). The summed E-state index contributed by atoms with van der Waals surface area (Å²) in [6.45, 7) is 4.72. The molecule has 0 aromatic carbocycles. The fourth-order valence-corrected chi connectivity index (χ4v) is 1.13. The van der Waals surface area contributed by atoms with Crippen LogP contribution in [0.5, 0.6) is 0 Å². The van der Waals surface area contributed by atoms with Crippen LogP contribution < -0.4 is 16.5 Å². The maximum Gasteiger partial charge on any atom is 0.215 e. The minimum atomic E-state index is 0.383. The van der Waals surface area contributed by atoms with Crippen molar-refractivity contribution in [2.24, 2.45) is 15.7 Å². The summed E-state index contributed by atoms with van der Waals surface area (Å²) >= 11 is 0. The Morgan fingerprint density at radius 3 is 3.14 bits per heavy atom. The van der Waals surface area contributed by atoms with E-state index in [0.717, 1.165) is 32.0 Å². The predicted octanol–water partition coefficient (Wildman–Crippen LogP) is -0.893. The lowest BCUT2D eigenvalue weighted by Crippen LogP contribution is -2.50. The van der Waals surface area contributed by atoms with Crippen molar-refractivity contribution < 1.29 is 0 Å². The molecule has 0 aliphatic carbocycles. The van der Waals surface area contributed by atoms with Crippen molar-refractivity contribution in [3.8, 4) is 0 Å². The van der Waals surface area contributed by atoms with Crippen molar-refractivity contribution in [1.82, 2.24) is 15.8 Å². The van der Waals surface area contributed by atoms with E-state index in [9.17, 15) is 0 Å². The lowest BCUT2D eigenvalue weighted by atomic mass is 10.5. The quantitative estimate of drug-likeness (QED) is 0.406. The van der Waals surface area contributed by atoms with E-state index in [4.69, 9.17) is 5.73 Å². The molecule has 0 saturated carbocycles. The number of hydrazine groups is 1. The molecule has 0 amide bonds. The molecule has 1 aliphatic heterocycles. The second-order valence-electron chi connectivity index (χ2n) is 3.00. The highest BCUT2D eigenvalue weighted by atomic mass is 15.6. The molecule has 0 aromatic heterocycles. The van der Waals surface area contributed by atoms with E-state index < -0.39 is 0 Å². The number of nitrogens with zero attached hydrogens (tertiary/aromatic N) is 3. The Morgan fingerprint density at radius 2 is 2.50 bits per heavy atom. The Bertz CT molecular complexity index is 234. The summed E-state index contributed by atoms with van der Waals surface area (Å²) in [5, 5.41) is 4.89. The van der Waals surface area contributed by atoms with Crippen LogP contribution in [0.2, 0.25) is 0 Å². The summed E-state index contributed by atoms with van der Waals surface area (Å²) < 4.78 is 0. The van der Waals surface area contributed by atoms with Gasteiger partial charge in [0.15, 0.2) is 5.96 Å². The fourth-order valence-electron chi connectivity index (χ4n) is 1.13. The zero-order valence-corrected chi connectivity index (χ0v) is 8.75. The average Bonchev–Trinajstić information content (AvgIpc) is 2.62. The highest BCUT2D eigenvalue weighted by Gasteiger charge is 2.16. The Labute approximate surface area is 84.2 Å². The smallest absolute Gasteiger partial charge is 0.215 e. The second-order valence-corrected chi connectivity index (χ2v) is 3.00. The molecule has 0 spiro atoms. The molecular weight excluding hydrogens is 180 g/mol. The first-order valence-corrected chi connectivity index (χ1v) is 4.82. The van der Waals surface area contributed by atoms with Gasteiger partial charge in [0, 0.05) is 13.6 Å². The summed E-state index contributed by atoms with van der Waals surface area (Å²) in [6, 6.07) is 0. The van der Waals surface area contributed by atoms with Crippen molar-refractivity contribution in [3.05, 3.63) is 0 Å². The van der Waals surface area contributed by atoms with E-state index in [1.165, 1.54) is 0 Å². The van der Waals surface area contributed by atoms with Gasteiger partial charge < -0.3 is 5.73 Å². The number of rotatable bonds is 3. The van der Waals surface area contributed by atoms with Gasteiger partial charge in [0.25, 0.3) is 0 Å². The van der Waals surface area contributed by atoms with Crippen LogP contribution in [0, 0.1) is 0 Å². The summed E-state index contributed by atoms with van der Waals surface area (Å²) in [4.78, 5) is 8.08. The number of nitrogens with two attached hydrogens (primary N) is 1. The monoisotopic (exact) mass is 198 g/mol. The molecule has 0 fully saturated rings. The molecule has 4 N–H and O–H groups in total. The van der Waals surface area contributed by atoms with Crippen molar-refractivity contribution in [3.63, 3.8) is 0 Å². The zero-order valence-electron chi connectivity index (χ0n) is 8.75. The molecule has 6 heteroatoms. The normalized spacial score (nSPS) is 17.1. The van der Waals surface area contributed by atoms with E-state index in [1.807, 2.05) is 5.01 Å². The topological polar surface area (TPSA) is 78.0 Å². The van der Waals surface area contributed by atoms with Crippen molar-refractivity contribution >= 4 is 11.9 Å². The first kappa shape index (κ1) is 10.8. The molecule has 1 heterocycles. The molecule has 0 bridgehead atoms. The lowest BCUT2D eigenvalue weighted by Gasteiger charge is -2.21. The Kier molecular flexibility index (Phi) is 4.18. The number of hydrogen-bond acceptors (Lipinski definition) is 4. The minimum absolute atomic E-state index is 0.383. The third-order valence-electron chi connectivity index (χ3n) is 1.87. The van der Waals surface area contributed by atoms with Crippen LogP contribution in [-0.2, 0) is 0 Å². The van der Waals surface area contributed by atoms with E-state index >= 15 is 0 Å². The molecule has 0 unspecified atom stereocenters. The molecular formula is C8H18N6. The second kappa shape index (κ2) is 5.43. The predicted molar refractivity (Wildman–Crippen MR) is 58.0 cm³/mol. The van der Waals surface area contributed by atoms with Crippen molar-refractivity contribution in [1.29, 1.82) is 0 Å². The molecule has 0 radical (unpaired) electrons. The first-order valence-electron chi connectivity index (χ1n) is 4.82. The van der Waals surface area contributed by atoms with Crippen LogP contribution in [0.1, 0.15) is 13.3 Å². The van der Waals surface area contributed by atoms with Gasteiger partial charge in [0.05, 0.1) is 13.1 Å². The van der Waals surface area contributed by atoms with Crippen LogP contribution in [0.3, 0.4) is 0 Å². The summed E-state index contributed by atoms with van der Waals surface area (Å²) in [7, 11) is 1.64. The van der Waals surface area contributed by atoms with Crippen LogP contribution in [0.4, 0.5) is 0 Å². The third-order valence-corrected chi connectivity index (χ3v) is 1.87. The molecule has 14 heavy (non-hydrogen) atoms. The fraction of sp³-hybridized carbons (Fsp3) is 0.750. The van der Waals surface area contributed by atoms with Gasteiger partial charge in [-0.3, -0.25) is 15.3 Å². The van der Waals surface area contributed by atoms with E-state index in [0.29, 0.717) is 5.96 Å². The first-order chi connectivity index (χ1) is 6.77. The molecule has 80 valence electrons. The highest BCUT2D eigenvalue weighted by molar-refractivity contribution is 5.98. The summed E-state index contributed by atoms with van der Waals surface area (Å²) in [6.07, 6.45) is 1.08. The number of hydrogen-bond donors (Lipinski definition) is 3. The van der Waals surface area contributed by atoms with Crippen molar-refractivity contribution in [2.75, 3.05) is 26.7 Å². The van der Waals surface area contributed by atoms with Gasteiger partial charge in [-0.1, -0.05) is 6.92 Å². The van der Waals surface area contributed by atoms with Gasteiger partial charge in [0.1, 0.15) is 0 Å². The van der Waals surface area contributed by atoms with Gasteiger partial charge in [-0.05, 0) is 6.42 Å². The average molecular weight is 198 g/mol. The third kappa shape index (κ3) is 2.88. The summed E-state index contributed by atoms with van der Waals surface area (Å²) in [5.41, 5.74) is 8.79. The molecule has 0 aromatic rings. The number of guanidine groups is 2.